The molecule has 4 nitrogen and oxygen atoms in total. The van der Waals surface area contributed by atoms with Crippen LogP contribution in [-0.2, 0) is 6.54 Å². The molecule has 2 aliphatic heterocycles. The van der Waals surface area contributed by atoms with E-state index in [9.17, 15) is 4.79 Å². The summed E-state index contributed by atoms with van der Waals surface area (Å²) >= 11 is 3.54. The number of carbonyl (C=O) groups excluding carboxylic acids is 1. The molecule has 0 spiro atoms. The lowest BCUT2D eigenvalue weighted by Crippen LogP contribution is -2.50. The maximum Gasteiger partial charge on any atom is 0.319 e. The molecule has 2 aliphatic rings. The Hall–Kier alpha value is -1.50. The topological polar surface area (TPSA) is 44.4 Å². The second-order valence-electron chi connectivity index (χ2n) is 7.13. The van der Waals surface area contributed by atoms with Crippen molar-refractivity contribution < 1.29 is 4.79 Å². The van der Waals surface area contributed by atoms with Crippen LogP contribution < -0.4 is 10.6 Å². The molecule has 6 heteroatoms. The second kappa shape index (κ2) is 8.03. The van der Waals surface area contributed by atoms with Gasteiger partial charge in [0.05, 0.1) is 0 Å². The van der Waals surface area contributed by atoms with Crippen LogP contribution in [0.1, 0.15) is 30.6 Å². The number of thiophene rings is 1. The van der Waals surface area contributed by atoms with Crippen LogP contribution in [0, 0.1) is 0 Å². The molecular formula is C20H25N3OS2. The first kappa shape index (κ1) is 17.9. The predicted octanol–water partition coefficient (Wildman–Crippen LogP) is 4.79. The molecule has 138 valence electrons. The van der Waals surface area contributed by atoms with Crippen LogP contribution >= 0.6 is 23.1 Å². The molecule has 0 saturated carbocycles. The summed E-state index contributed by atoms with van der Waals surface area (Å²) in [5.74, 6) is 0. The highest BCUT2D eigenvalue weighted by Gasteiger charge is 2.41. The number of amides is 2. The summed E-state index contributed by atoms with van der Waals surface area (Å²) in [6.45, 7) is 1.06. The van der Waals surface area contributed by atoms with Crippen LogP contribution in [0.15, 0.2) is 46.7 Å². The van der Waals surface area contributed by atoms with Gasteiger partial charge in [0.2, 0.25) is 0 Å². The molecule has 2 fully saturated rings. The number of piperidine rings is 1. The number of hydrogen-bond donors (Lipinski definition) is 2. The van der Waals surface area contributed by atoms with Gasteiger partial charge in [-0.15, -0.1) is 23.1 Å². The molecule has 2 N–H and O–H groups in total. The van der Waals surface area contributed by atoms with Crippen LogP contribution in [-0.4, -0.2) is 35.3 Å². The molecule has 2 atom stereocenters. The van der Waals surface area contributed by atoms with E-state index in [1.54, 1.807) is 11.8 Å². The highest BCUT2D eigenvalue weighted by molar-refractivity contribution is 7.98. The zero-order chi connectivity index (χ0) is 17.9. The number of nitrogens with one attached hydrogen (secondary N) is 2. The van der Waals surface area contributed by atoms with Crippen molar-refractivity contribution in [3.8, 4) is 0 Å². The number of anilines is 1. The molecule has 2 saturated heterocycles. The van der Waals surface area contributed by atoms with Crippen LogP contribution in [0.5, 0.6) is 0 Å². The molecule has 0 aliphatic carbocycles. The van der Waals surface area contributed by atoms with Crippen LogP contribution in [0.25, 0.3) is 0 Å². The highest BCUT2D eigenvalue weighted by atomic mass is 32.2. The van der Waals surface area contributed by atoms with Gasteiger partial charge in [-0.2, -0.15) is 0 Å². The van der Waals surface area contributed by atoms with Gasteiger partial charge in [0.1, 0.15) is 0 Å². The van der Waals surface area contributed by atoms with E-state index in [0.29, 0.717) is 12.1 Å². The molecular weight excluding hydrogens is 362 g/mol. The Kier molecular flexibility index (Phi) is 5.52. The first-order chi connectivity index (χ1) is 12.7. The SMILES string of the molecule is CSc1ccc(NC(=O)NC2CC3CCC(C2)N3Cc2cccs2)cc1. The molecule has 1 aromatic carbocycles. The highest BCUT2D eigenvalue weighted by Crippen LogP contribution is 2.37. The van der Waals surface area contributed by atoms with Gasteiger partial charge in [-0.1, -0.05) is 6.07 Å². The van der Waals surface area contributed by atoms with E-state index in [1.807, 2.05) is 41.9 Å². The number of nitrogens with zero attached hydrogens (tertiary/aromatic N) is 1. The Labute approximate surface area is 163 Å². The number of carbonyl (C=O) groups is 1. The summed E-state index contributed by atoms with van der Waals surface area (Å²) in [5, 5.41) is 8.32. The Morgan fingerprint density at radius 3 is 2.54 bits per heavy atom. The van der Waals surface area contributed by atoms with Gasteiger partial charge in [0, 0.05) is 40.1 Å². The second-order valence-corrected chi connectivity index (χ2v) is 9.04. The van der Waals surface area contributed by atoms with Crippen molar-refractivity contribution in [2.75, 3.05) is 11.6 Å². The van der Waals surface area contributed by atoms with Crippen LogP contribution in [0.2, 0.25) is 0 Å². The fourth-order valence-corrected chi connectivity index (χ4v) is 5.38. The van der Waals surface area contributed by atoms with Gasteiger partial charge < -0.3 is 10.6 Å². The van der Waals surface area contributed by atoms with Gasteiger partial charge in [-0.05, 0) is 67.7 Å². The Bertz CT molecular complexity index is 718. The van der Waals surface area contributed by atoms with Gasteiger partial charge in [0.15, 0.2) is 0 Å². The van der Waals surface area contributed by atoms with Gasteiger partial charge in [0.25, 0.3) is 0 Å². The maximum atomic E-state index is 12.4. The summed E-state index contributed by atoms with van der Waals surface area (Å²) in [4.78, 5) is 17.7. The molecule has 3 heterocycles. The first-order valence-corrected chi connectivity index (χ1v) is 11.3. The summed E-state index contributed by atoms with van der Waals surface area (Å²) in [7, 11) is 0. The van der Waals surface area contributed by atoms with E-state index in [-0.39, 0.29) is 12.1 Å². The van der Waals surface area contributed by atoms with Crippen molar-refractivity contribution in [3.05, 3.63) is 46.7 Å². The number of hydrogen-bond acceptors (Lipinski definition) is 4. The van der Waals surface area contributed by atoms with Crippen molar-refractivity contribution in [2.45, 2.75) is 55.2 Å². The van der Waals surface area contributed by atoms with E-state index in [0.717, 1.165) is 25.1 Å². The van der Waals surface area contributed by atoms with E-state index < -0.39 is 0 Å². The number of urea groups is 1. The molecule has 2 aromatic rings. The van der Waals surface area contributed by atoms with Crippen molar-refractivity contribution in [2.24, 2.45) is 0 Å². The van der Waals surface area contributed by atoms with E-state index in [4.69, 9.17) is 0 Å². The minimum absolute atomic E-state index is 0.0852. The lowest BCUT2D eigenvalue weighted by molar-refractivity contribution is 0.113. The largest absolute Gasteiger partial charge is 0.335 e. The third kappa shape index (κ3) is 4.08. The maximum absolute atomic E-state index is 12.4. The molecule has 2 amide bonds. The standard InChI is InChI=1S/C20H25N3OS2/c1-25-18-8-4-14(5-9-18)21-20(24)22-15-11-16-6-7-17(12-15)23(16)13-19-3-2-10-26-19/h2-5,8-10,15-17H,6-7,11-13H2,1H3,(H2,21,22,24). The summed E-state index contributed by atoms with van der Waals surface area (Å²) in [5.41, 5.74) is 0.846. The zero-order valence-electron chi connectivity index (χ0n) is 15.0. The van der Waals surface area contributed by atoms with E-state index in [2.05, 4.69) is 33.0 Å². The minimum Gasteiger partial charge on any atom is -0.335 e. The third-order valence-corrected chi connectivity index (χ3v) is 7.09. The number of benzene rings is 1. The molecule has 4 rings (SSSR count). The number of thioether (sulfide) groups is 1. The average molecular weight is 388 g/mol. The minimum atomic E-state index is -0.0852. The average Bonchev–Trinajstić information content (AvgIpc) is 3.22. The summed E-state index contributed by atoms with van der Waals surface area (Å²) in [6, 6.07) is 13.7. The lowest BCUT2D eigenvalue weighted by Gasteiger charge is -2.39. The normalized spacial score (nSPS) is 25.2. The van der Waals surface area contributed by atoms with Crippen molar-refractivity contribution >= 4 is 34.8 Å². The van der Waals surface area contributed by atoms with E-state index >= 15 is 0 Å². The summed E-state index contributed by atoms with van der Waals surface area (Å²) < 4.78 is 0. The fraction of sp³-hybridized carbons (Fsp3) is 0.450. The Morgan fingerprint density at radius 2 is 1.92 bits per heavy atom. The quantitative estimate of drug-likeness (QED) is 0.725. The zero-order valence-corrected chi connectivity index (χ0v) is 16.6. The number of fused-ring (bicyclic) bond motifs is 2. The Balaban J connectivity index is 1.30. The number of rotatable bonds is 5. The van der Waals surface area contributed by atoms with Crippen LogP contribution in [0.4, 0.5) is 10.5 Å². The van der Waals surface area contributed by atoms with Gasteiger partial charge in [-0.3, -0.25) is 4.90 Å². The predicted molar refractivity (Wildman–Crippen MR) is 110 cm³/mol. The van der Waals surface area contributed by atoms with Crippen molar-refractivity contribution in [1.82, 2.24) is 10.2 Å². The van der Waals surface area contributed by atoms with Crippen molar-refractivity contribution in [3.63, 3.8) is 0 Å². The van der Waals surface area contributed by atoms with Crippen molar-refractivity contribution in [1.29, 1.82) is 0 Å². The fourth-order valence-electron chi connectivity index (χ4n) is 4.26. The molecule has 0 radical (unpaired) electrons. The van der Waals surface area contributed by atoms with Gasteiger partial charge in [-0.25, -0.2) is 4.79 Å². The molecule has 2 bridgehead atoms. The molecule has 26 heavy (non-hydrogen) atoms. The third-order valence-electron chi connectivity index (χ3n) is 5.49. The first-order valence-electron chi connectivity index (χ1n) is 9.21. The monoisotopic (exact) mass is 387 g/mol. The van der Waals surface area contributed by atoms with Gasteiger partial charge >= 0.3 is 6.03 Å². The lowest BCUT2D eigenvalue weighted by atomic mass is 9.97. The molecule has 2 unspecified atom stereocenters. The molecule has 1 aromatic heterocycles. The Morgan fingerprint density at radius 1 is 1.19 bits per heavy atom. The van der Waals surface area contributed by atoms with E-state index in [1.165, 1.54) is 22.6 Å². The smallest absolute Gasteiger partial charge is 0.319 e. The van der Waals surface area contributed by atoms with Crippen LogP contribution in [0.3, 0.4) is 0 Å². The summed E-state index contributed by atoms with van der Waals surface area (Å²) in [6.07, 6.45) is 6.67.